The van der Waals surface area contributed by atoms with E-state index >= 15 is 0 Å². The number of nitrogens with zero attached hydrogens (tertiary/aromatic N) is 1. The number of benzene rings is 1. The Morgan fingerprint density at radius 2 is 1.71 bits per heavy atom. The molecule has 1 heteroatoms. The molecule has 0 N–H and O–H groups in total. The molecule has 0 saturated heterocycles. The van der Waals surface area contributed by atoms with Crippen LogP contribution in [0.1, 0.15) is 26.3 Å². The third-order valence-corrected chi connectivity index (χ3v) is 2.79. The van der Waals surface area contributed by atoms with Crippen molar-refractivity contribution in [2.45, 2.75) is 26.3 Å². The minimum absolute atomic E-state index is 0.0226. The number of allylic oxidation sites excluding steroid dienone is 1. The van der Waals surface area contributed by atoms with E-state index in [0.717, 1.165) is 5.71 Å². The molecule has 1 aromatic rings. The number of hydrogen-bond acceptors (Lipinski definition) is 1. The van der Waals surface area contributed by atoms with Crippen molar-refractivity contribution >= 4 is 5.71 Å². The van der Waals surface area contributed by atoms with Gasteiger partial charge in [0.05, 0.1) is 11.3 Å². The van der Waals surface area contributed by atoms with E-state index in [1.165, 1.54) is 11.1 Å². The molecule has 0 unspecified atom stereocenters. The molecule has 0 fully saturated rings. The Bertz CT molecular complexity index is 397. The van der Waals surface area contributed by atoms with Gasteiger partial charge >= 0.3 is 0 Å². The van der Waals surface area contributed by atoms with Crippen molar-refractivity contribution in [3.8, 4) is 0 Å². The van der Waals surface area contributed by atoms with Crippen molar-refractivity contribution in [2.75, 3.05) is 0 Å². The molecule has 0 saturated carbocycles. The zero-order chi connectivity index (χ0) is 10.2. The predicted molar refractivity (Wildman–Crippen MR) is 60.8 cm³/mol. The average molecular weight is 185 g/mol. The lowest BCUT2D eigenvalue weighted by molar-refractivity contribution is 0.628. The van der Waals surface area contributed by atoms with Gasteiger partial charge in [0.1, 0.15) is 0 Å². The van der Waals surface area contributed by atoms with Gasteiger partial charge in [-0.1, -0.05) is 30.3 Å². The summed E-state index contributed by atoms with van der Waals surface area (Å²) in [5, 5.41) is 0. The highest BCUT2D eigenvalue weighted by molar-refractivity contribution is 6.11. The largest absolute Gasteiger partial charge is 0.274 e. The predicted octanol–water partition coefficient (Wildman–Crippen LogP) is 3.21. The van der Waals surface area contributed by atoms with Gasteiger partial charge in [-0.15, -0.1) is 0 Å². The zero-order valence-corrected chi connectivity index (χ0v) is 8.91. The van der Waals surface area contributed by atoms with Crippen LogP contribution < -0.4 is 0 Å². The van der Waals surface area contributed by atoms with Crippen LogP contribution in [0, 0.1) is 0 Å². The van der Waals surface area contributed by atoms with E-state index < -0.39 is 0 Å². The topological polar surface area (TPSA) is 12.4 Å². The molecule has 1 aromatic carbocycles. The van der Waals surface area contributed by atoms with Gasteiger partial charge in [0.2, 0.25) is 0 Å². The summed E-state index contributed by atoms with van der Waals surface area (Å²) in [6.45, 7) is 6.43. The summed E-state index contributed by atoms with van der Waals surface area (Å²) >= 11 is 0. The highest BCUT2D eigenvalue weighted by atomic mass is 14.9. The summed E-state index contributed by atoms with van der Waals surface area (Å²) in [5.41, 5.74) is 3.62. The number of hydrogen-bond donors (Lipinski definition) is 0. The van der Waals surface area contributed by atoms with Crippen LogP contribution in [0.4, 0.5) is 0 Å². The Morgan fingerprint density at radius 3 is 2.21 bits per heavy atom. The summed E-state index contributed by atoms with van der Waals surface area (Å²) in [5.74, 6) is 0. The lowest BCUT2D eigenvalue weighted by atomic mass is 9.98. The molecule has 1 aliphatic heterocycles. The van der Waals surface area contributed by atoms with Gasteiger partial charge in [-0.25, -0.2) is 0 Å². The smallest absolute Gasteiger partial charge is 0.0769 e. The third-order valence-electron chi connectivity index (χ3n) is 2.79. The molecular formula is C13H15N. The maximum absolute atomic E-state index is 4.70. The highest BCUT2D eigenvalue weighted by Crippen LogP contribution is 2.27. The first-order valence-electron chi connectivity index (χ1n) is 4.94. The monoisotopic (exact) mass is 185 g/mol. The fourth-order valence-electron chi connectivity index (χ4n) is 1.56. The van der Waals surface area contributed by atoms with E-state index in [0.29, 0.717) is 0 Å². The first kappa shape index (κ1) is 9.20. The standard InChI is InChI=1S/C13H15N/c1-10-9-12(14-13(10,2)3)11-7-5-4-6-8-11/h4-9H,1-3H3. The van der Waals surface area contributed by atoms with Gasteiger partial charge in [0.15, 0.2) is 0 Å². The molecule has 0 atom stereocenters. The quantitative estimate of drug-likeness (QED) is 0.637. The molecule has 0 amide bonds. The highest BCUT2D eigenvalue weighted by Gasteiger charge is 2.25. The summed E-state index contributed by atoms with van der Waals surface area (Å²) < 4.78 is 0. The van der Waals surface area contributed by atoms with Crippen LogP contribution in [-0.4, -0.2) is 11.3 Å². The number of aliphatic imine (C=N–C) groups is 1. The van der Waals surface area contributed by atoms with Crippen LogP contribution in [0.2, 0.25) is 0 Å². The van der Waals surface area contributed by atoms with Crippen LogP contribution in [-0.2, 0) is 0 Å². The molecule has 0 aromatic heterocycles. The lowest BCUT2D eigenvalue weighted by Crippen LogP contribution is -2.14. The average Bonchev–Trinajstić information content (AvgIpc) is 2.43. The van der Waals surface area contributed by atoms with Crippen molar-refractivity contribution < 1.29 is 0 Å². The molecule has 72 valence electrons. The van der Waals surface area contributed by atoms with Crippen LogP contribution in [0.3, 0.4) is 0 Å². The van der Waals surface area contributed by atoms with E-state index in [1.807, 2.05) is 18.2 Å². The maximum atomic E-state index is 4.70. The van der Waals surface area contributed by atoms with Crippen molar-refractivity contribution in [1.29, 1.82) is 0 Å². The molecule has 2 rings (SSSR count). The Kier molecular flexibility index (Phi) is 2.03. The fourth-order valence-corrected chi connectivity index (χ4v) is 1.56. The Balaban J connectivity index is 2.41. The molecule has 1 heterocycles. The van der Waals surface area contributed by atoms with Crippen molar-refractivity contribution in [2.24, 2.45) is 4.99 Å². The second kappa shape index (κ2) is 3.09. The number of rotatable bonds is 1. The third kappa shape index (κ3) is 1.50. The molecule has 14 heavy (non-hydrogen) atoms. The molecule has 0 aliphatic carbocycles. The normalized spacial score (nSPS) is 19.1. The van der Waals surface area contributed by atoms with Gasteiger partial charge in [-0.3, -0.25) is 4.99 Å². The van der Waals surface area contributed by atoms with Crippen molar-refractivity contribution in [3.05, 3.63) is 47.5 Å². The van der Waals surface area contributed by atoms with Gasteiger partial charge < -0.3 is 0 Å². The molecular weight excluding hydrogens is 170 g/mol. The molecule has 1 aliphatic rings. The van der Waals surface area contributed by atoms with E-state index in [1.54, 1.807) is 0 Å². The Hall–Kier alpha value is -1.37. The SMILES string of the molecule is CC1=CC(c2ccccc2)=NC1(C)C. The second-order valence-corrected chi connectivity index (χ2v) is 4.25. The van der Waals surface area contributed by atoms with Crippen LogP contribution in [0.25, 0.3) is 0 Å². The minimum Gasteiger partial charge on any atom is -0.274 e. The first-order chi connectivity index (χ1) is 6.59. The lowest BCUT2D eigenvalue weighted by Gasteiger charge is -2.15. The fraction of sp³-hybridized carbons (Fsp3) is 0.308. The van der Waals surface area contributed by atoms with E-state index in [2.05, 4.69) is 39.0 Å². The summed E-state index contributed by atoms with van der Waals surface area (Å²) in [7, 11) is 0. The van der Waals surface area contributed by atoms with Gasteiger partial charge in [-0.2, -0.15) is 0 Å². The van der Waals surface area contributed by atoms with Crippen molar-refractivity contribution in [3.63, 3.8) is 0 Å². The Labute approximate surface area is 85.2 Å². The molecule has 0 spiro atoms. The summed E-state index contributed by atoms with van der Waals surface area (Å²) in [6.07, 6.45) is 2.18. The molecule has 0 bridgehead atoms. The first-order valence-corrected chi connectivity index (χ1v) is 4.94. The van der Waals surface area contributed by atoms with E-state index in [9.17, 15) is 0 Å². The van der Waals surface area contributed by atoms with Crippen LogP contribution in [0.15, 0.2) is 47.0 Å². The van der Waals surface area contributed by atoms with Gasteiger partial charge in [-0.05, 0) is 38.0 Å². The summed E-state index contributed by atoms with van der Waals surface area (Å²) in [6, 6.07) is 10.3. The second-order valence-electron chi connectivity index (χ2n) is 4.25. The molecule has 0 radical (unpaired) electrons. The van der Waals surface area contributed by atoms with Gasteiger partial charge in [0.25, 0.3) is 0 Å². The van der Waals surface area contributed by atoms with E-state index in [-0.39, 0.29) is 5.54 Å². The minimum atomic E-state index is -0.0226. The zero-order valence-electron chi connectivity index (χ0n) is 8.91. The van der Waals surface area contributed by atoms with Gasteiger partial charge in [0, 0.05) is 0 Å². The van der Waals surface area contributed by atoms with E-state index in [4.69, 9.17) is 4.99 Å². The molecule has 1 nitrogen and oxygen atoms in total. The maximum Gasteiger partial charge on any atom is 0.0769 e. The Morgan fingerprint density at radius 1 is 1.07 bits per heavy atom. The van der Waals surface area contributed by atoms with Crippen LogP contribution >= 0.6 is 0 Å². The summed E-state index contributed by atoms with van der Waals surface area (Å²) in [4.78, 5) is 4.70. The van der Waals surface area contributed by atoms with Crippen LogP contribution in [0.5, 0.6) is 0 Å². The van der Waals surface area contributed by atoms with Crippen molar-refractivity contribution in [1.82, 2.24) is 0 Å².